The molecule has 0 unspecified atom stereocenters. The zero-order chi connectivity index (χ0) is 26.5. The Balaban J connectivity index is 1.27. The number of aromatic nitrogens is 4. The fraction of sp³-hybridized carbons (Fsp3) is 0. The fourth-order valence-corrected chi connectivity index (χ4v) is 7.93. The predicted molar refractivity (Wildman–Crippen MR) is 165 cm³/mol. The van der Waals surface area contributed by atoms with Gasteiger partial charge in [-0.15, -0.1) is 0 Å². The van der Waals surface area contributed by atoms with Crippen molar-refractivity contribution >= 4 is 44.7 Å². The van der Waals surface area contributed by atoms with Crippen LogP contribution in [0.2, 0.25) is 0 Å². The zero-order valence-corrected chi connectivity index (χ0v) is 23.1. The van der Waals surface area contributed by atoms with Crippen LogP contribution < -0.4 is 0 Å². The molecule has 40 heavy (non-hydrogen) atoms. The van der Waals surface area contributed by atoms with Crippen LogP contribution in [-0.4, -0.2) is 34.0 Å². The van der Waals surface area contributed by atoms with E-state index in [0.29, 0.717) is 32.0 Å². The van der Waals surface area contributed by atoms with Crippen LogP contribution in [0.3, 0.4) is 0 Å². The van der Waals surface area contributed by atoms with E-state index in [4.69, 9.17) is 15.0 Å². The Morgan fingerprint density at radius 2 is 1.10 bits per heavy atom. The van der Waals surface area contributed by atoms with Crippen LogP contribution in [-0.2, 0) is 0 Å². The summed E-state index contributed by atoms with van der Waals surface area (Å²) in [6.07, 6.45) is 2.18. The van der Waals surface area contributed by atoms with Gasteiger partial charge >= 0.3 is 201 Å². The predicted octanol–water partition coefficient (Wildman–Crippen LogP) is 8.18. The molecule has 3 heterocycles. The van der Waals surface area contributed by atoms with E-state index in [9.17, 15) is 0 Å². The van der Waals surface area contributed by atoms with Crippen LogP contribution in [0, 0.1) is 0 Å². The Morgan fingerprint density at radius 1 is 0.475 bits per heavy atom. The first-order chi connectivity index (χ1) is 19.8. The Morgan fingerprint density at radius 3 is 1.82 bits per heavy atom. The molecule has 0 saturated heterocycles. The average Bonchev–Trinajstić information content (AvgIpc) is 3.64. The summed E-state index contributed by atoms with van der Waals surface area (Å²) in [6.45, 7) is 0. The van der Waals surface area contributed by atoms with Crippen LogP contribution in [0.5, 0.6) is 0 Å². The van der Waals surface area contributed by atoms with Gasteiger partial charge in [0.05, 0.1) is 0 Å². The van der Waals surface area contributed by atoms with Gasteiger partial charge < -0.3 is 0 Å². The van der Waals surface area contributed by atoms with E-state index in [1.165, 1.54) is 30.2 Å². The average molecular weight is 578 g/mol. The van der Waals surface area contributed by atoms with E-state index in [2.05, 4.69) is 77.5 Å². The Labute approximate surface area is 237 Å². The Kier molecular flexibility index (Phi) is 5.44. The SMILES string of the molecule is c1ccc(-c2nc(-c3ccccc3)nc(-c3cccc(-n4ccc5c6[se]c7ccccc7c6ccc54)c3)n2)cc1. The second-order valence-corrected chi connectivity index (χ2v) is 12.0. The molecule has 0 aliphatic heterocycles. The molecule has 0 fully saturated rings. The molecular formula is C35H22N4Se. The molecule has 188 valence electrons. The summed E-state index contributed by atoms with van der Waals surface area (Å²) in [5.41, 5.74) is 5.18. The molecule has 0 saturated carbocycles. The zero-order valence-electron chi connectivity index (χ0n) is 21.4. The van der Waals surface area contributed by atoms with Gasteiger partial charge in [0.1, 0.15) is 0 Å². The number of nitrogens with zero attached hydrogens (tertiary/aromatic N) is 4. The molecule has 0 aliphatic carbocycles. The summed E-state index contributed by atoms with van der Waals surface area (Å²) in [5, 5.41) is 4.09. The molecule has 0 N–H and O–H groups in total. The summed E-state index contributed by atoms with van der Waals surface area (Å²) in [4.78, 5) is 14.7. The number of hydrogen-bond donors (Lipinski definition) is 0. The van der Waals surface area contributed by atoms with Gasteiger partial charge in [0.2, 0.25) is 0 Å². The second kappa shape index (κ2) is 9.42. The van der Waals surface area contributed by atoms with Crippen LogP contribution in [0.25, 0.3) is 70.0 Å². The monoisotopic (exact) mass is 578 g/mol. The van der Waals surface area contributed by atoms with E-state index in [1.807, 2.05) is 60.7 Å². The van der Waals surface area contributed by atoms with Crippen molar-refractivity contribution in [3.63, 3.8) is 0 Å². The number of hydrogen-bond acceptors (Lipinski definition) is 3. The normalized spacial score (nSPS) is 11.5. The summed E-state index contributed by atoms with van der Waals surface area (Å²) in [6, 6.07) is 44.3. The summed E-state index contributed by atoms with van der Waals surface area (Å²) < 4.78 is 5.21. The van der Waals surface area contributed by atoms with Crippen molar-refractivity contribution in [1.29, 1.82) is 0 Å². The Hall–Kier alpha value is -4.83. The van der Waals surface area contributed by atoms with Gasteiger partial charge in [-0.2, -0.15) is 0 Å². The maximum absolute atomic E-state index is 4.93. The van der Waals surface area contributed by atoms with Crippen molar-refractivity contribution in [2.75, 3.05) is 0 Å². The van der Waals surface area contributed by atoms with Crippen molar-refractivity contribution in [1.82, 2.24) is 19.5 Å². The van der Waals surface area contributed by atoms with Gasteiger partial charge in [0.15, 0.2) is 0 Å². The molecule has 8 aromatic rings. The molecule has 0 bridgehead atoms. The van der Waals surface area contributed by atoms with E-state index in [0.717, 1.165) is 22.4 Å². The van der Waals surface area contributed by atoms with Crippen molar-refractivity contribution in [3.05, 3.63) is 134 Å². The molecular weight excluding hydrogens is 555 g/mol. The minimum atomic E-state index is 0.312. The number of benzene rings is 5. The van der Waals surface area contributed by atoms with E-state index in [-0.39, 0.29) is 0 Å². The maximum atomic E-state index is 4.93. The molecule has 0 amide bonds. The molecule has 3 aromatic heterocycles. The smallest absolute Gasteiger partial charge is 0.0615 e. The quantitative estimate of drug-likeness (QED) is 0.198. The van der Waals surface area contributed by atoms with Crippen LogP contribution in [0.1, 0.15) is 0 Å². The third kappa shape index (κ3) is 3.87. The Bertz CT molecular complexity index is 2100. The van der Waals surface area contributed by atoms with Gasteiger partial charge in [0.25, 0.3) is 0 Å². The summed E-state index contributed by atoms with van der Waals surface area (Å²) in [7, 11) is 0. The van der Waals surface area contributed by atoms with Crippen molar-refractivity contribution in [2.45, 2.75) is 0 Å². The first kappa shape index (κ1) is 23.1. The molecule has 8 rings (SSSR count). The molecule has 4 nitrogen and oxygen atoms in total. The summed E-state index contributed by atoms with van der Waals surface area (Å²) in [5.74, 6) is 1.99. The van der Waals surface area contributed by atoms with Crippen molar-refractivity contribution < 1.29 is 0 Å². The molecule has 0 spiro atoms. The molecule has 0 radical (unpaired) electrons. The molecule has 0 atom stereocenters. The minimum absolute atomic E-state index is 0.312. The van der Waals surface area contributed by atoms with E-state index >= 15 is 0 Å². The second-order valence-electron chi connectivity index (χ2n) is 9.75. The number of rotatable bonds is 4. The molecule has 5 aromatic carbocycles. The van der Waals surface area contributed by atoms with Gasteiger partial charge in [-0.25, -0.2) is 0 Å². The topological polar surface area (TPSA) is 43.6 Å². The summed E-state index contributed by atoms with van der Waals surface area (Å²) >= 11 is 0.312. The third-order valence-electron chi connectivity index (χ3n) is 7.29. The van der Waals surface area contributed by atoms with Gasteiger partial charge in [0, 0.05) is 0 Å². The van der Waals surface area contributed by atoms with Gasteiger partial charge in [-0.1, -0.05) is 36.4 Å². The van der Waals surface area contributed by atoms with Crippen molar-refractivity contribution in [3.8, 4) is 39.9 Å². The minimum Gasteiger partial charge on any atom is -0.0615 e. The van der Waals surface area contributed by atoms with E-state index < -0.39 is 0 Å². The van der Waals surface area contributed by atoms with Crippen LogP contribution >= 0.6 is 0 Å². The molecule has 5 heteroatoms. The van der Waals surface area contributed by atoms with Crippen LogP contribution in [0.4, 0.5) is 0 Å². The number of fused-ring (bicyclic) bond motifs is 5. The van der Waals surface area contributed by atoms with E-state index in [1.54, 1.807) is 0 Å². The third-order valence-corrected chi connectivity index (χ3v) is 9.85. The van der Waals surface area contributed by atoms with Crippen molar-refractivity contribution in [2.24, 2.45) is 0 Å². The van der Waals surface area contributed by atoms with Gasteiger partial charge in [-0.05, 0) is 0 Å². The standard InChI is InChI=1S/C35H22N4Se/c1-3-10-23(11-4-1)33-36-34(24-12-5-2-6-13-24)38-35(37-33)25-14-9-15-26(22-25)39-21-20-29-30(39)19-18-28-27-16-7-8-17-31(27)40-32(28)29/h1-22H. The fourth-order valence-electron chi connectivity index (χ4n) is 5.36. The van der Waals surface area contributed by atoms with Gasteiger partial charge in [-0.3, -0.25) is 0 Å². The first-order valence-corrected chi connectivity index (χ1v) is 14.9. The van der Waals surface area contributed by atoms with Crippen LogP contribution in [0.15, 0.2) is 134 Å². The molecule has 0 aliphatic rings. The first-order valence-electron chi connectivity index (χ1n) is 13.2.